The van der Waals surface area contributed by atoms with Crippen LogP contribution in [0.3, 0.4) is 0 Å². The third kappa shape index (κ3) is 2.70. The summed E-state index contributed by atoms with van der Waals surface area (Å²) in [6.07, 6.45) is 0. The van der Waals surface area contributed by atoms with E-state index in [0.717, 1.165) is 0 Å². The summed E-state index contributed by atoms with van der Waals surface area (Å²) in [5.74, 6) is 4.27. The second kappa shape index (κ2) is 4.57. The largest absolute Gasteiger partial charge is 0.365 e. The number of nitrogens with two attached hydrogens (primary N) is 1. The van der Waals surface area contributed by atoms with E-state index in [1.807, 2.05) is 5.43 Å². The maximum atomic E-state index is 12.8. The lowest BCUT2D eigenvalue weighted by Gasteiger charge is -2.17. The van der Waals surface area contributed by atoms with E-state index in [9.17, 15) is 9.18 Å². The van der Waals surface area contributed by atoms with Crippen LogP contribution in [0.25, 0.3) is 0 Å². The van der Waals surface area contributed by atoms with Crippen LogP contribution in [0.1, 0.15) is 0 Å². The van der Waals surface area contributed by atoms with Crippen molar-refractivity contribution in [2.24, 2.45) is 5.84 Å². The van der Waals surface area contributed by atoms with Gasteiger partial charge in [-0.1, -0.05) is 6.07 Å². The van der Waals surface area contributed by atoms with Gasteiger partial charge in [-0.15, -0.1) is 0 Å². The zero-order valence-electron chi connectivity index (χ0n) is 7.83. The van der Waals surface area contributed by atoms with Gasteiger partial charge in [0.1, 0.15) is 5.82 Å². The maximum Gasteiger partial charge on any atom is 0.253 e. The van der Waals surface area contributed by atoms with E-state index >= 15 is 0 Å². The standard InChI is InChI=1S/C9H12FN3O/c1-13(6-9(14)12-11)8-4-2-3-7(10)5-8/h2-5H,6,11H2,1H3,(H,12,14). The molecule has 4 nitrogen and oxygen atoms in total. The molecule has 0 aromatic heterocycles. The highest BCUT2D eigenvalue weighted by atomic mass is 19.1. The lowest BCUT2D eigenvalue weighted by molar-refractivity contribution is -0.119. The van der Waals surface area contributed by atoms with Gasteiger partial charge in [-0.2, -0.15) is 0 Å². The molecule has 1 rings (SSSR count). The Morgan fingerprint density at radius 1 is 1.64 bits per heavy atom. The van der Waals surface area contributed by atoms with Crippen LogP contribution in [0.15, 0.2) is 24.3 Å². The van der Waals surface area contributed by atoms with Gasteiger partial charge in [0.2, 0.25) is 0 Å². The average Bonchev–Trinajstić information content (AvgIpc) is 2.17. The van der Waals surface area contributed by atoms with Crippen LogP contribution in [0.2, 0.25) is 0 Å². The molecule has 0 heterocycles. The first kappa shape index (κ1) is 10.5. The smallest absolute Gasteiger partial charge is 0.253 e. The number of carbonyl (C=O) groups excluding carboxylic acids is 1. The molecule has 0 aliphatic rings. The van der Waals surface area contributed by atoms with Gasteiger partial charge in [0.25, 0.3) is 5.91 Å². The molecular weight excluding hydrogens is 185 g/mol. The summed E-state index contributed by atoms with van der Waals surface area (Å²) in [4.78, 5) is 12.5. The van der Waals surface area contributed by atoms with Crippen LogP contribution in [0, 0.1) is 5.82 Å². The molecule has 0 aliphatic heterocycles. The molecule has 14 heavy (non-hydrogen) atoms. The van der Waals surface area contributed by atoms with Crippen LogP contribution in [-0.4, -0.2) is 19.5 Å². The fraction of sp³-hybridized carbons (Fsp3) is 0.222. The molecule has 0 fully saturated rings. The van der Waals surface area contributed by atoms with Gasteiger partial charge in [0, 0.05) is 12.7 Å². The van der Waals surface area contributed by atoms with Crippen molar-refractivity contribution < 1.29 is 9.18 Å². The van der Waals surface area contributed by atoms with E-state index in [2.05, 4.69) is 0 Å². The first-order valence-corrected chi connectivity index (χ1v) is 4.09. The molecule has 0 aliphatic carbocycles. The summed E-state index contributed by atoms with van der Waals surface area (Å²) in [6.45, 7) is 0.0972. The number of hydrogen-bond acceptors (Lipinski definition) is 3. The van der Waals surface area contributed by atoms with E-state index in [4.69, 9.17) is 5.84 Å². The van der Waals surface area contributed by atoms with Gasteiger partial charge in [-0.25, -0.2) is 10.2 Å². The number of carbonyl (C=O) groups is 1. The summed E-state index contributed by atoms with van der Waals surface area (Å²) >= 11 is 0. The summed E-state index contributed by atoms with van der Waals surface area (Å²) in [6, 6.07) is 6.00. The van der Waals surface area contributed by atoms with Crippen LogP contribution >= 0.6 is 0 Å². The Hall–Kier alpha value is -1.62. The molecule has 0 spiro atoms. The molecule has 0 unspecified atom stereocenters. The zero-order chi connectivity index (χ0) is 10.6. The topological polar surface area (TPSA) is 58.4 Å². The normalized spacial score (nSPS) is 9.64. The van der Waals surface area contributed by atoms with Gasteiger partial charge in [-0.05, 0) is 18.2 Å². The third-order valence-electron chi connectivity index (χ3n) is 1.79. The molecule has 76 valence electrons. The minimum atomic E-state index is -0.331. The highest BCUT2D eigenvalue weighted by molar-refractivity contribution is 5.80. The van der Waals surface area contributed by atoms with Gasteiger partial charge < -0.3 is 4.90 Å². The maximum absolute atomic E-state index is 12.8. The van der Waals surface area contributed by atoms with Crippen LogP contribution in [0.5, 0.6) is 0 Å². The monoisotopic (exact) mass is 197 g/mol. The number of halogens is 1. The van der Waals surface area contributed by atoms with E-state index in [1.54, 1.807) is 24.1 Å². The highest BCUT2D eigenvalue weighted by Crippen LogP contribution is 2.12. The summed E-state index contributed by atoms with van der Waals surface area (Å²) in [5, 5.41) is 0. The van der Waals surface area contributed by atoms with Crippen molar-refractivity contribution in [3.63, 3.8) is 0 Å². The zero-order valence-corrected chi connectivity index (χ0v) is 7.83. The fourth-order valence-electron chi connectivity index (χ4n) is 1.07. The van der Waals surface area contributed by atoms with E-state index in [1.165, 1.54) is 12.1 Å². The molecule has 0 saturated carbocycles. The fourth-order valence-corrected chi connectivity index (χ4v) is 1.07. The molecule has 0 radical (unpaired) electrons. The van der Waals surface area contributed by atoms with Crippen molar-refractivity contribution in [1.29, 1.82) is 0 Å². The minimum absolute atomic E-state index is 0.0972. The van der Waals surface area contributed by atoms with E-state index in [0.29, 0.717) is 5.69 Å². The lowest BCUT2D eigenvalue weighted by atomic mass is 10.3. The SMILES string of the molecule is CN(CC(=O)NN)c1cccc(F)c1. The summed E-state index contributed by atoms with van der Waals surface area (Å²) in [5.41, 5.74) is 2.64. The molecule has 3 N–H and O–H groups in total. The van der Waals surface area contributed by atoms with Gasteiger partial charge in [-0.3, -0.25) is 10.2 Å². The molecule has 0 saturated heterocycles. The molecule has 1 aromatic carbocycles. The second-order valence-corrected chi connectivity index (χ2v) is 2.90. The van der Waals surface area contributed by atoms with E-state index < -0.39 is 0 Å². The number of nitrogens with zero attached hydrogens (tertiary/aromatic N) is 1. The van der Waals surface area contributed by atoms with Crippen molar-refractivity contribution in [3.05, 3.63) is 30.1 Å². The Balaban J connectivity index is 2.69. The highest BCUT2D eigenvalue weighted by Gasteiger charge is 2.05. The van der Waals surface area contributed by atoms with Crippen molar-refractivity contribution in [1.82, 2.24) is 5.43 Å². The number of likely N-dealkylation sites (N-methyl/N-ethyl adjacent to an activating group) is 1. The molecular formula is C9H12FN3O. The Bertz CT molecular complexity index is 330. The van der Waals surface area contributed by atoms with Crippen LogP contribution in [-0.2, 0) is 4.79 Å². The number of nitrogens with one attached hydrogen (secondary N) is 1. The van der Waals surface area contributed by atoms with Crippen molar-refractivity contribution in [2.75, 3.05) is 18.5 Å². The number of anilines is 1. The Morgan fingerprint density at radius 3 is 2.93 bits per heavy atom. The third-order valence-corrected chi connectivity index (χ3v) is 1.79. The minimum Gasteiger partial charge on any atom is -0.365 e. The van der Waals surface area contributed by atoms with Gasteiger partial charge >= 0.3 is 0 Å². The quantitative estimate of drug-likeness (QED) is 0.415. The predicted octanol–water partition coefficient (Wildman–Crippen LogP) is 0.252. The van der Waals surface area contributed by atoms with Gasteiger partial charge in [0.05, 0.1) is 6.54 Å². The summed E-state index contributed by atoms with van der Waals surface area (Å²) < 4.78 is 12.8. The average molecular weight is 197 g/mol. The number of rotatable bonds is 3. The number of benzene rings is 1. The predicted molar refractivity (Wildman–Crippen MR) is 52.0 cm³/mol. The Kier molecular flexibility index (Phi) is 3.41. The lowest BCUT2D eigenvalue weighted by Crippen LogP contribution is -2.38. The summed E-state index contributed by atoms with van der Waals surface area (Å²) in [7, 11) is 1.68. The number of amides is 1. The van der Waals surface area contributed by atoms with Crippen molar-refractivity contribution in [2.45, 2.75) is 0 Å². The first-order chi connectivity index (χ1) is 6.63. The van der Waals surface area contributed by atoms with Gasteiger partial charge in [0.15, 0.2) is 0 Å². The number of hydrazine groups is 1. The molecule has 0 atom stereocenters. The van der Waals surface area contributed by atoms with Crippen LogP contribution < -0.4 is 16.2 Å². The molecule has 0 bridgehead atoms. The Morgan fingerprint density at radius 2 is 2.36 bits per heavy atom. The second-order valence-electron chi connectivity index (χ2n) is 2.90. The molecule has 5 heteroatoms. The number of hydrogen-bond donors (Lipinski definition) is 2. The first-order valence-electron chi connectivity index (χ1n) is 4.09. The van der Waals surface area contributed by atoms with E-state index in [-0.39, 0.29) is 18.3 Å². The van der Waals surface area contributed by atoms with Crippen LogP contribution in [0.4, 0.5) is 10.1 Å². The van der Waals surface area contributed by atoms with Crippen molar-refractivity contribution >= 4 is 11.6 Å². The molecule has 1 aromatic rings. The molecule has 1 amide bonds. The van der Waals surface area contributed by atoms with Crippen molar-refractivity contribution in [3.8, 4) is 0 Å². The Labute approximate surface area is 81.5 Å².